The second-order valence-electron chi connectivity index (χ2n) is 3.32. The number of amides is 1. The van der Waals surface area contributed by atoms with Crippen molar-refractivity contribution in [3.05, 3.63) is 33.1 Å². The van der Waals surface area contributed by atoms with Crippen molar-refractivity contribution in [1.29, 1.82) is 0 Å². The summed E-state index contributed by atoms with van der Waals surface area (Å²) >= 11 is 0. The Kier molecular flexibility index (Phi) is 4.01. The molecule has 0 aromatic carbocycles. The summed E-state index contributed by atoms with van der Waals surface area (Å²) in [7, 11) is 0. The number of carbonyl (C=O) groups is 1. The maximum absolute atomic E-state index is 11.7. The van der Waals surface area contributed by atoms with Gasteiger partial charge in [-0.1, -0.05) is 0 Å². The summed E-state index contributed by atoms with van der Waals surface area (Å²) in [5.74, 6) is -0.633. The van der Waals surface area contributed by atoms with Gasteiger partial charge in [0, 0.05) is 18.8 Å². The normalized spacial score (nSPS) is 10.3. The predicted molar refractivity (Wildman–Crippen MR) is 57.8 cm³/mol. The second-order valence-corrected chi connectivity index (χ2v) is 3.32. The van der Waals surface area contributed by atoms with Crippen LogP contribution in [0.3, 0.4) is 0 Å². The fourth-order valence-corrected chi connectivity index (χ4v) is 1.30. The van der Waals surface area contributed by atoms with Crippen molar-refractivity contribution in [3.8, 4) is 0 Å². The van der Waals surface area contributed by atoms with E-state index < -0.39 is 17.2 Å². The standard InChI is InChI=1S/C9H14N4O3/c10-3-1-4-13-8(15)2-5-12(9(13)16)6-7(11)14/h2,5H,1,3-4,6,10H2,(H2,11,14). The summed E-state index contributed by atoms with van der Waals surface area (Å²) in [6.07, 6.45) is 1.78. The number of nitrogens with two attached hydrogens (primary N) is 2. The number of aromatic nitrogens is 2. The lowest BCUT2D eigenvalue weighted by atomic mass is 10.4. The van der Waals surface area contributed by atoms with Crippen molar-refractivity contribution in [2.75, 3.05) is 6.54 Å². The minimum Gasteiger partial charge on any atom is -0.368 e. The predicted octanol–water partition coefficient (Wildman–Crippen LogP) is -2.16. The van der Waals surface area contributed by atoms with E-state index in [0.29, 0.717) is 13.0 Å². The molecule has 88 valence electrons. The average molecular weight is 226 g/mol. The third-order valence-corrected chi connectivity index (χ3v) is 2.05. The molecular formula is C9H14N4O3. The van der Waals surface area contributed by atoms with E-state index in [1.54, 1.807) is 0 Å². The zero-order valence-corrected chi connectivity index (χ0v) is 8.76. The first-order chi connectivity index (χ1) is 7.56. The molecule has 7 nitrogen and oxygen atoms in total. The molecule has 0 aliphatic heterocycles. The first-order valence-corrected chi connectivity index (χ1v) is 4.85. The smallest absolute Gasteiger partial charge is 0.331 e. The molecule has 0 aliphatic carbocycles. The SMILES string of the molecule is NCCCn1c(=O)ccn(CC(N)=O)c1=O. The molecule has 0 unspecified atom stereocenters. The first kappa shape index (κ1) is 12.2. The van der Waals surface area contributed by atoms with Crippen LogP contribution in [0.5, 0.6) is 0 Å². The number of hydrogen-bond donors (Lipinski definition) is 2. The van der Waals surface area contributed by atoms with E-state index >= 15 is 0 Å². The zero-order valence-electron chi connectivity index (χ0n) is 8.76. The average Bonchev–Trinajstić information content (AvgIpc) is 2.22. The molecule has 0 saturated carbocycles. The fourth-order valence-electron chi connectivity index (χ4n) is 1.30. The Morgan fingerprint density at radius 3 is 2.62 bits per heavy atom. The topological polar surface area (TPSA) is 113 Å². The molecule has 0 aliphatic rings. The third-order valence-electron chi connectivity index (χ3n) is 2.05. The highest BCUT2D eigenvalue weighted by Crippen LogP contribution is 1.82. The highest BCUT2D eigenvalue weighted by molar-refractivity contribution is 5.73. The van der Waals surface area contributed by atoms with Gasteiger partial charge in [-0.2, -0.15) is 0 Å². The van der Waals surface area contributed by atoms with Gasteiger partial charge >= 0.3 is 5.69 Å². The molecule has 1 amide bonds. The van der Waals surface area contributed by atoms with Gasteiger partial charge in [-0.25, -0.2) is 4.79 Å². The van der Waals surface area contributed by atoms with Crippen molar-refractivity contribution in [2.24, 2.45) is 11.5 Å². The quantitative estimate of drug-likeness (QED) is 0.595. The van der Waals surface area contributed by atoms with Crippen molar-refractivity contribution < 1.29 is 4.79 Å². The highest BCUT2D eigenvalue weighted by atomic mass is 16.2. The Bertz CT molecular complexity index is 488. The molecule has 0 bridgehead atoms. The molecule has 1 aromatic rings. The van der Waals surface area contributed by atoms with E-state index in [1.807, 2.05) is 0 Å². The van der Waals surface area contributed by atoms with Gasteiger partial charge in [0.25, 0.3) is 5.56 Å². The Hall–Kier alpha value is -1.89. The van der Waals surface area contributed by atoms with E-state index in [4.69, 9.17) is 11.5 Å². The van der Waals surface area contributed by atoms with Crippen molar-refractivity contribution in [2.45, 2.75) is 19.5 Å². The number of nitrogens with zero attached hydrogens (tertiary/aromatic N) is 2. The van der Waals surface area contributed by atoms with E-state index in [1.165, 1.54) is 12.3 Å². The van der Waals surface area contributed by atoms with Gasteiger partial charge in [0.2, 0.25) is 5.91 Å². The van der Waals surface area contributed by atoms with Crippen LogP contribution >= 0.6 is 0 Å². The molecule has 7 heteroatoms. The van der Waals surface area contributed by atoms with Crippen LogP contribution in [0.15, 0.2) is 21.9 Å². The highest BCUT2D eigenvalue weighted by Gasteiger charge is 2.06. The lowest BCUT2D eigenvalue weighted by molar-refractivity contribution is -0.118. The van der Waals surface area contributed by atoms with Crippen molar-refractivity contribution in [1.82, 2.24) is 9.13 Å². The van der Waals surface area contributed by atoms with Crippen LogP contribution in [0.1, 0.15) is 6.42 Å². The monoisotopic (exact) mass is 226 g/mol. The second kappa shape index (κ2) is 5.26. The maximum atomic E-state index is 11.7. The van der Waals surface area contributed by atoms with Crippen LogP contribution in [-0.4, -0.2) is 21.6 Å². The molecule has 0 fully saturated rings. The molecule has 16 heavy (non-hydrogen) atoms. The van der Waals surface area contributed by atoms with Gasteiger partial charge in [0.1, 0.15) is 6.54 Å². The summed E-state index contributed by atoms with van der Waals surface area (Å²) in [6.45, 7) is 0.395. The molecule has 0 saturated heterocycles. The molecular weight excluding hydrogens is 212 g/mol. The van der Waals surface area contributed by atoms with Gasteiger partial charge in [0.05, 0.1) is 0 Å². The van der Waals surface area contributed by atoms with Crippen LogP contribution in [0, 0.1) is 0 Å². The van der Waals surface area contributed by atoms with Gasteiger partial charge in [0.15, 0.2) is 0 Å². The Morgan fingerprint density at radius 1 is 1.38 bits per heavy atom. The van der Waals surface area contributed by atoms with Crippen LogP contribution in [0.4, 0.5) is 0 Å². The van der Waals surface area contributed by atoms with Gasteiger partial charge in [-0.15, -0.1) is 0 Å². The summed E-state index contributed by atoms with van der Waals surface area (Å²) in [5.41, 5.74) is 9.33. The minimum atomic E-state index is -0.633. The van der Waals surface area contributed by atoms with Gasteiger partial charge < -0.3 is 11.5 Å². The van der Waals surface area contributed by atoms with E-state index in [9.17, 15) is 14.4 Å². The van der Waals surface area contributed by atoms with Gasteiger partial charge in [-0.05, 0) is 13.0 Å². The summed E-state index contributed by atoms with van der Waals surface area (Å²) in [5, 5.41) is 0. The molecule has 1 rings (SSSR count). The summed E-state index contributed by atoms with van der Waals surface area (Å²) in [6, 6.07) is 1.22. The minimum absolute atomic E-state index is 0.234. The van der Waals surface area contributed by atoms with Crippen molar-refractivity contribution >= 4 is 5.91 Å². The Morgan fingerprint density at radius 2 is 2.06 bits per heavy atom. The Balaban J connectivity index is 3.11. The molecule has 1 aromatic heterocycles. The first-order valence-electron chi connectivity index (χ1n) is 4.85. The molecule has 4 N–H and O–H groups in total. The van der Waals surface area contributed by atoms with E-state index in [0.717, 1.165) is 9.13 Å². The molecule has 0 spiro atoms. The maximum Gasteiger partial charge on any atom is 0.331 e. The lowest BCUT2D eigenvalue weighted by Crippen LogP contribution is -2.41. The van der Waals surface area contributed by atoms with Crippen LogP contribution in [0.25, 0.3) is 0 Å². The Labute approximate surface area is 91.3 Å². The van der Waals surface area contributed by atoms with E-state index in [2.05, 4.69) is 0 Å². The fraction of sp³-hybridized carbons (Fsp3) is 0.444. The summed E-state index contributed by atoms with van der Waals surface area (Å²) in [4.78, 5) is 33.8. The zero-order chi connectivity index (χ0) is 12.1. The van der Waals surface area contributed by atoms with Crippen LogP contribution in [0.2, 0.25) is 0 Å². The number of primary amides is 1. The largest absolute Gasteiger partial charge is 0.368 e. The third kappa shape index (κ3) is 2.80. The number of rotatable bonds is 5. The van der Waals surface area contributed by atoms with Crippen LogP contribution < -0.4 is 22.7 Å². The van der Waals surface area contributed by atoms with Crippen LogP contribution in [-0.2, 0) is 17.9 Å². The molecule has 0 atom stereocenters. The van der Waals surface area contributed by atoms with E-state index in [-0.39, 0.29) is 13.1 Å². The molecule has 1 heterocycles. The lowest BCUT2D eigenvalue weighted by Gasteiger charge is -2.07. The number of hydrogen-bond acceptors (Lipinski definition) is 4. The molecule has 0 radical (unpaired) electrons. The van der Waals surface area contributed by atoms with Gasteiger partial charge in [-0.3, -0.25) is 18.7 Å². The number of carbonyl (C=O) groups excluding carboxylic acids is 1. The summed E-state index contributed by atoms with van der Waals surface area (Å²) < 4.78 is 2.13. The van der Waals surface area contributed by atoms with Crippen molar-refractivity contribution in [3.63, 3.8) is 0 Å².